The van der Waals surface area contributed by atoms with Crippen molar-refractivity contribution in [3.8, 4) is 11.8 Å². The second-order valence-corrected chi connectivity index (χ2v) is 6.29. The lowest BCUT2D eigenvalue weighted by Crippen LogP contribution is -2.21. The average molecular weight is 348 g/mol. The maximum Gasteiger partial charge on any atom is 0.218 e. The van der Waals surface area contributed by atoms with Gasteiger partial charge in [-0.1, -0.05) is 30.3 Å². The third-order valence-electron chi connectivity index (χ3n) is 4.62. The van der Waals surface area contributed by atoms with Gasteiger partial charge in [0.1, 0.15) is 11.3 Å². The van der Waals surface area contributed by atoms with E-state index in [2.05, 4.69) is 4.98 Å². The Balaban J connectivity index is 1.78. The summed E-state index contributed by atoms with van der Waals surface area (Å²) in [4.78, 5) is 29.7. The molecule has 0 aliphatic heterocycles. The number of rotatable bonds is 3. The highest BCUT2D eigenvalue weighted by molar-refractivity contribution is 6.29. The van der Waals surface area contributed by atoms with E-state index in [0.717, 1.165) is 5.56 Å². The number of hydrogen-bond donors (Lipinski definition) is 2. The number of aromatic nitrogens is 2. The summed E-state index contributed by atoms with van der Waals surface area (Å²) >= 11 is 0. The quantitative estimate of drug-likeness (QED) is 0.594. The van der Waals surface area contributed by atoms with Crippen molar-refractivity contribution in [2.75, 3.05) is 0 Å². The van der Waals surface area contributed by atoms with Crippen LogP contribution in [-0.4, -0.2) is 31.3 Å². The Morgan fingerprint density at radius 1 is 0.923 bits per heavy atom. The monoisotopic (exact) mass is 348 g/mol. The predicted octanol–water partition coefficient (Wildman–Crippen LogP) is 2.62. The normalized spacial score (nSPS) is 12.8. The molecule has 26 heavy (non-hydrogen) atoms. The van der Waals surface area contributed by atoms with Crippen LogP contribution in [0.1, 0.15) is 43.2 Å². The summed E-state index contributed by atoms with van der Waals surface area (Å²) in [6.45, 7) is 1.95. The number of nitrogens with zero attached hydrogens (tertiary/aromatic N) is 2. The van der Waals surface area contributed by atoms with Crippen molar-refractivity contribution in [1.82, 2.24) is 9.55 Å². The van der Waals surface area contributed by atoms with E-state index in [-0.39, 0.29) is 28.9 Å². The Kier molecular flexibility index (Phi) is 3.61. The second kappa shape index (κ2) is 5.84. The van der Waals surface area contributed by atoms with Crippen molar-refractivity contribution in [3.63, 3.8) is 0 Å². The van der Waals surface area contributed by atoms with Gasteiger partial charge < -0.3 is 10.2 Å². The van der Waals surface area contributed by atoms with Crippen LogP contribution in [0.25, 0.3) is 0 Å². The van der Waals surface area contributed by atoms with E-state index >= 15 is 0 Å². The molecule has 0 atom stereocenters. The third kappa shape index (κ3) is 2.30. The molecule has 2 aromatic heterocycles. The molecule has 6 heteroatoms. The van der Waals surface area contributed by atoms with Crippen LogP contribution >= 0.6 is 0 Å². The Morgan fingerprint density at radius 3 is 2.27 bits per heavy atom. The molecular weight excluding hydrogens is 332 g/mol. The zero-order valence-corrected chi connectivity index (χ0v) is 14.1. The van der Waals surface area contributed by atoms with Gasteiger partial charge in [-0.3, -0.25) is 14.2 Å². The van der Waals surface area contributed by atoms with Gasteiger partial charge in [0, 0.05) is 12.2 Å². The van der Waals surface area contributed by atoms with E-state index < -0.39 is 23.3 Å². The van der Waals surface area contributed by atoms with Gasteiger partial charge in [-0.25, -0.2) is 4.98 Å². The number of benzene rings is 1. The Morgan fingerprint density at radius 2 is 1.58 bits per heavy atom. The van der Waals surface area contributed by atoms with E-state index in [1.165, 1.54) is 10.6 Å². The smallest absolute Gasteiger partial charge is 0.218 e. The standard InChI is InChI=1S/C20H16N2O4/c1-11-7-8-13-16(21-11)18(24)15-14(17(13)23)19(25)22(20(15)26)10-9-12-5-3-2-4-6-12/h2-8,25-26H,9-10H2,1H3. The number of hydrogen-bond acceptors (Lipinski definition) is 5. The Labute approximate surface area is 149 Å². The summed E-state index contributed by atoms with van der Waals surface area (Å²) < 4.78 is 1.20. The molecule has 0 fully saturated rings. The lowest BCUT2D eigenvalue weighted by molar-refractivity contribution is 0.0972. The number of carbonyl (C=O) groups is 2. The molecule has 0 saturated carbocycles. The SMILES string of the molecule is Cc1ccc2c(n1)C(=O)c1c(c(O)n(CCc3ccccc3)c1O)C2=O. The van der Waals surface area contributed by atoms with E-state index in [4.69, 9.17) is 0 Å². The van der Waals surface area contributed by atoms with E-state index in [1.54, 1.807) is 13.0 Å². The Bertz CT molecular complexity index is 1050. The van der Waals surface area contributed by atoms with Crippen molar-refractivity contribution in [2.45, 2.75) is 19.9 Å². The topological polar surface area (TPSA) is 92.4 Å². The van der Waals surface area contributed by atoms with Crippen LogP contribution in [0.15, 0.2) is 42.5 Å². The van der Waals surface area contributed by atoms with E-state index in [1.807, 2.05) is 30.3 Å². The molecule has 1 aromatic carbocycles. The zero-order chi connectivity index (χ0) is 18.4. The number of pyridine rings is 1. The number of aromatic hydroxyl groups is 2. The summed E-state index contributed by atoms with van der Waals surface area (Å²) in [6, 6.07) is 12.7. The molecule has 0 saturated heterocycles. The predicted molar refractivity (Wildman–Crippen MR) is 93.7 cm³/mol. The fraction of sp³-hybridized carbons (Fsp3) is 0.150. The average Bonchev–Trinajstić information content (AvgIpc) is 2.89. The summed E-state index contributed by atoms with van der Waals surface area (Å²) in [7, 11) is 0. The number of fused-ring (bicyclic) bond motifs is 2. The first-order valence-electron chi connectivity index (χ1n) is 8.24. The lowest BCUT2D eigenvalue weighted by atomic mass is 9.89. The number of ketones is 2. The molecule has 1 aliphatic rings. The van der Waals surface area contributed by atoms with Crippen molar-refractivity contribution in [3.05, 3.63) is 76.1 Å². The van der Waals surface area contributed by atoms with Crippen molar-refractivity contribution >= 4 is 11.6 Å². The molecule has 3 aromatic rings. The molecular formula is C20H16N2O4. The van der Waals surface area contributed by atoms with Gasteiger partial charge in [0.15, 0.2) is 0 Å². The van der Waals surface area contributed by atoms with E-state index in [9.17, 15) is 19.8 Å². The van der Waals surface area contributed by atoms with Gasteiger partial charge in [-0.15, -0.1) is 0 Å². The highest BCUT2D eigenvalue weighted by Crippen LogP contribution is 2.40. The third-order valence-corrected chi connectivity index (χ3v) is 4.62. The first-order valence-corrected chi connectivity index (χ1v) is 8.24. The van der Waals surface area contributed by atoms with Gasteiger partial charge in [0.25, 0.3) is 0 Å². The summed E-state index contributed by atoms with van der Waals surface area (Å²) in [5.74, 6) is -1.85. The largest absolute Gasteiger partial charge is 0.494 e. The maximum atomic E-state index is 12.8. The van der Waals surface area contributed by atoms with Gasteiger partial charge in [-0.05, 0) is 31.0 Å². The summed E-state index contributed by atoms with van der Waals surface area (Å²) in [5, 5.41) is 21.0. The van der Waals surface area contributed by atoms with Crippen LogP contribution in [0, 0.1) is 6.92 Å². The van der Waals surface area contributed by atoms with Crippen LogP contribution in [0.4, 0.5) is 0 Å². The molecule has 0 amide bonds. The van der Waals surface area contributed by atoms with Crippen LogP contribution < -0.4 is 0 Å². The fourth-order valence-electron chi connectivity index (χ4n) is 3.29. The van der Waals surface area contributed by atoms with Crippen LogP contribution in [0.2, 0.25) is 0 Å². The molecule has 1 aliphatic carbocycles. The van der Waals surface area contributed by atoms with Gasteiger partial charge in [-0.2, -0.15) is 0 Å². The summed E-state index contributed by atoms with van der Waals surface area (Å²) in [6.07, 6.45) is 0.530. The molecule has 6 nitrogen and oxygen atoms in total. The van der Waals surface area contributed by atoms with Crippen LogP contribution in [0.3, 0.4) is 0 Å². The number of aryl methyl sites for hydroxylation is 2. The van der Waals surface area contributed by atoms with Gasteiger partial charge in [0.2, 0.25) is 23.3 Å². The summed E-state index contributed by atoms with van der Waals surface area (Å²) in [5.41, 5.74) is 1.43. The second-order valence-electron chi connectivity index (χ2n) is 6.29. The highest BCUT2D eigenvalue weighted by Gasteiger charge is 2.39. The van der Waals surface area contributed by atoms with E-state index in [0.29, 0.717) is 12.1 Å². The Hall–Kier alpha value is -3.41. The van der Waals surface area contributed by atoms with Crippen molar-refractivity contribution < 1.29 is 19.8 Å². The van der Waals surface area contributed by atoms with Gasteiger partial charge in [0.05, 0.1) is 11.1 Å². The minimum Gasteiger partial charge on any atom is -0.494 e. The first-order chi connectivity index (χ1) is 12.5. The molecule has 2 N–H and O–H groups in total. The molecule has 0 radical (unpaired) electrons. The molecule has 0 unspecified atom stereocenters. The fourth-order valence-corrected chi connectivity index (χ4v) is 3.29. The molecule has 2 heterocycles. The molecule has 0 spiro atoms. The minimum absolute atomic E-state index is 0.0120. The number of carbonyl (C=O) groups excluding carboxylic acids is 2. The molecule has 0 bridgehead atoms. The van der Waals surface area contributed by atoms with Crippen molar-refractivity contribution in [1.29, 1.82) is 0 Å². The van der Waals surface area contributed by atoms with Crippen LogP contribution in [-0.2, 0) is 13.0 Å². The molecule has 4 rings (SSSR count). The lowest BCUT2D eigenvalue weighted by Gasteiger charge is -2.13. The highest BCUT2D eigenvalue weighted by atomic mass is 16.3. The molecule has 130 valence electrons. The first kappa shape index (κ1) is 16.1. The van der Waals surface area contributed by atoms with Gasteiger partial charge >= 0.3 is 0 Å². The zero-order valence-electron chi connectivity index (χ0n) is 14.1. The minimum atomic E-state index is -0.551. The maximum absolute atomic E-state index is 12.8. The van der Waals surface area contributed by atoms with Crippen LogP contribution in [0.5, 0.6) is 11.8 Å². The van der Waals surface area contributed by atoms with Crippen molar-refractivity contribution in [2.24, 2.45) is 0 Å².